The molecule has 1 aliphatic rings. The smallest absolute Gasteiger partial charge is 0.307 e. The predicted octanol–water partition coefficient (Wildman–Crippen LogP) is 2.61. The van der Waals surface area contributed by atoms with Gasteiger partial charge in [0.25, 0.3) is 5.91 Å². The summed E-state index contributed by atoms with van der Waals surface area (Å²) in [5, 5.41) is 5.70. The first kappa shape index (κ1) is 17.7. The lowest BCUT2D eigenvalue weighted by atomic mass is 9.99. The molecule has 0 fully saturated rings. The molecular formula is C20H20N2O4. The molecule has 6 heteroatoms. The highest BCUT2D eigenvalue weighted by Crippen LogP contribution is 2.24. The van der Waals surface area contributed by atoms with Gasteiger partial charge in [-0.3, -0.25) is 14.4 Å². The number of esters is 1. The number of fused-ring (bicyclic) bond motifs is 1. The molecule has 0 saturated carbocycles. The molecular weight excluding hydrogens is 332 g/mol. The number of hydrogen-bond acceptors (Lipinski definition) is 4. The third-order valence-corrected chi connectivity index (χ3v) is 4.37. The highest BCUT2D eigenvalue weighted by Gasteiger charge is 2.21. The van der Waals surface area contributed by atoms with Crippen LogP contribution in [0.2, 0.25) is 0 Å². The van der Waals surface area contributed by atoms with Crippen molar-refractivity contribution in [3.8, 4) is 0 Å². The standard InChI is InChI=1S/C20H20N2O4/c1-26-19(24)12-17(13-5-3-2-4-6-13)22-20(25)15-7-9-16-14(11-15)8-10-18(23)21-16/h2-7,9,11,17H,8,10,12H2,1H3,(H,21,23)(H,22,25)/t17-/m1/s1. The van der Waals surface area contributed by atoms with Crippen molar-refractivity contribution in [1.29, 1.82) is 0 Å². The fraction of sp³-hybridized carbons (Fsp3) is 0.250. The number of benzene rings is 2. The van der Waals surface area contributed by atoms with Crippen molar-refractivity contribution in [3.05, 3.63) is 65.2 Å². The summed E-state index contributed by atoms with van der Waals surface area (Å²) < 4.78 is 4.74. The Kier molecular flexibility index (Phi) is 5.31. The van der Waals surface area contributed by atoms with Gasteiger partial charge in [0.2, 0.25) is 5.91 Å². The van der Waals surface area contributed by atoms with Crippen LogP contribution >= 0.6 is 0 Å². The number of carbonyl (C=O) groups is 3. The summed E-state index contributed by atoms with van der Waals surface area (Å²) in [6.45, 7) is 0. The van der Waals surface area contributed by atoms with E-state index < -0.39 is 12.0 Å². The Morgan fingerprint density at radius 2 is 1.92 bits per heavy atom. The maximum atomic E-state index is 12.7. The summed E-state index contributed by atoms with van der Waals surface area (Å²) in [5.74, 6) is -0.688. The van der Waals surface area contributed by atoms with E-state index in [1.165, 1.54) is 7.11 Å². The summed E-state index contributed by atoms with van der Waals surface area (Å²) in [5.41, 5.74) is 3.00. The first-order valence-electron chi connectivity index (χ1n) is 8.42. The number of aryl methyl sites for hydroxylation is 1. The molecule has 0 aliphatic carbocycles. The van der Waals surface area contributed by atoms with Gasteiger partial charge in [-0.1, -0.05) is 30.3 Å². The molecule has 3 rings (SSSR count). The highest BCUT2D eigenvalue weighted by molar-refractivity contribution is 5.98. The van der Waals surface area contributed by atoms with E-state index in [1.807, 2.05) is 30.3 Å². The highest BCUT2D eigenvalue weighted by atomic mass is 16.5. The number of ether oxygens (including phenoxy) is 1. The van der Waals surface area contributed by atoms with E-state index in [0.29, 0.717) is 18.4 Å². The van der Waals surface area contributed by atoms with Crippen molar-refractivity contribution in [2.75, 3.05) is 12.4 Å². The quantitative estimate of drug-likeness (QED) is 0.810. The van der Waals surface area contributed by atoms with Crippen LogP contribution in [0.1, 0.15) is 40.4 Å². The van der Waals surface area contributed by atoms with E-state index in [2.05, 4.69) is 10.6 Å². The molecule has 2 amide bonds. The molecule has 26 heavy (non-hydrogen) atoms. The summed E-state index contributed by atoms with van der Waals surface area (Å²) in [6.07, 6.45) is 1.06. The molecule has 0 saturated heterocycles. The van der Waals surface area contributed by atoms with Crippen LogP contribution in [0.25, 0.3) is 0 Å². The van der Waals surface area contributed by atoms with E-state index in [0.717, 1.165) is 16.8 Å². The SMILES string of the molecule is COC(=O)C[C@@H](NC(=O)c1ccc2c(c1)CCC(=O)N2)c1ccccc1. The Hall–Kier alpha value is -3.15. The minimum absolute atomic E-state index is 0.0167. The second kappa shape index (κ2) is 7.82. The van der Waals surface area contributed by atoms with Gasteiger partial charge in [0, 0.05) is 17.7 Å². The largest absolute Gasteiger partial charge is 0.469 e. The lowest BCUT2D eigenvalue weighted by molar-refractivity contribution is -0.141. The zero-order valence-corrected chi connectivity index (χ0v) is 14.5. The Balaban J connectivity index is 1.79. The second-order valence-corrected chi connectivity index (χ2v) is 6.14. The third kappa shape index (κ3) is 4.08. The lowest BCUT2D eigenvalue weighted by Crippen LogP contribution is -2.30. The number of hydrogen-bond donors (Lipinski definition) is 2. The molecule has 0 aromatic heterocycles. The van der Waals surface area contributed by atoms with Crippen LogP contribution < -0.4 is 10.6 Å². The van der Waals surface area contributed by atoms with Crippen LogP contribution in [0.4, 0.5) is 5.69 Å². The average Bonchev–Trinajstić information content (AvgIpc) is 2.67. The van der Waals surface area contributed by atoms with Crippen LogP contribution in [-0.2, 0) is 20.7 Å². The van der Waals surface area contributed by atoms with Crippen molar-refractivity contribution < 1.29 is 19.1 Å². The molecule has 2 aromatic rings. The Labute approximate surface area is 151 Å². The molecule has 1 aliphatic heterocycles. The number of amides is 2. The van der Waals surface area contributed by atoms with Gasteiger partial charge < -0.3 is 15.4 Å². The van der Waals surface area contributed by atoms with Crippen LogP contribution in [0.3, 0.4) is 0 Å². The van der Waals surface area contributed by atoms with Gasteiger partial charge in [0.05, 0.1) is 19.6 Å². The Morgan fingerprint density at radius 1 is 1.15 bits per heavy atom. The fourth-order valence-electron chi connectivity index (χ4n) is 2.95. The first-order chi connectivity index (χ1) is 12.6. The fourth-order valence-corrected chi connectivity index (χ4v) is 2.95. The average molecular weight is 352 g/mol. The van der Waals surface area contributed by atoms with Crippen molar-refractivity contribution in [2.45, 2.75) is 25.3 Å². The molecule has 1 heterocycles. The van der Waals surface area contributed by atoms with Crippen molar-refractivity contribution in [3.63, 3.8) is 0 Å². The zero-order valence-electron chi connectivity index (χ0n) is 14.5. The van der Waals surface area contributed by atoms with E-state index in [-0.39, 0.29) is 18.2 Å². The number of anilines is 1. The van der Waals surface area contributed by atoms with Crippen molar-refractivity contribution in [2.24, 2.45) is 0 Å². The molecule has 1 atom stereocenters. The van der Waals surface area contributed by atoms with Gasteiger partial charge in [-0.05, 0) is 35.7 Å². The van der Waals surface area contributed by atoms with Gasteiger partial charge in [-0.2, -0.15) is 0 Å². The second-order valence-electron chi connectivity index (χ2n) is 6.14. The number of nitrogens with one attached hydrogen (secondary N) is 2. The summed E-state index contributed by atoms with van der Waals surface area (Å²) in [4.78, 5) is 35.9. The molecule has 2 N–H and O–H groups in total. The molecule has 0 radical (unpaired) electrons. The topological polar surface area (TPSA) is 84.5 Å². The van der Waals surface area contributed by atoms with Gasteiger partial charge in [0.1, 0.15) is 0 Å². The van der Waals surface area contributed by atoms with Gasteiger partial charge in [-0.15, -0.1) is 0 Å². The van der Waals surface area contributed by atoms with Crippen molar-refractivity contribution in [1.82, 2.24) is 5.32 Å². The molecule has 0 bridgehead atoms. The van der Waals surface area contributed by atoms with Gasteiger partial charge in [0.15, 0.2) is 0 Å². The molecule has 0 spiro atoms. The molecule has 0 unspecified atom stereocenters. The van der Waals surface area contributed by atoms with E-state index >= 15 is 0 Å². The monoisotopic (exact) mass is 352 g/mol. The maximum Gasteiger partial charge on any atom is 0.307 e. The van der Waals surface area contributed by atoms with Gasteiger partial charge >= 0.3 is 5.97 Å². The third-order valence-electron chi connectivity index (χ3n) is 4.37. The lowest BCUT2D eigenvalue weighted by Gasteiger charge is -2.20. The summed E-state index contributed by atoms with van der Waals surface area (Å²) in [7, 11) is 1.32. The van der Waals surface area contributed by atoms with Crippen LogP contribution in [0, 0.1) is 0 Å². The normalized spacial score (nSPS) is 14.0. The molecule has 134 valence electrons. The minimum Gasteiger partial charge on any atom is -0.469 e. The van der Waals surface area contributed by atoms with Crippen LogP contribution in [0.15, 0.2) is 48.5 Å². The predicted molar refractivity (Wildman–Crippen MR) is 96.7 cm³/mol. The number of carbonyl (C=O) groups excluding carboxylic acids is 3. The molecule has 6 nitrogen and oxygen atoms in total. The number of rotatable bonds is 5. The summed E-state index contributed by atoms with van der Waals surface area (Å²) >= 11 is 0. The maximum absolute atomic E-state index is 12.7. The number of methoxy groups -OCH3 is 1. The molecule has 2 aromatic carbocycles. The first-order valence-corrected chi connectivity index (χ1v) is 8.42. The van der Waals surface area contributed by atoms with E-state index in [1.54, 1.807) is 18.2 Å². The summed E-state index contributed by atoms with van der Waals surface area (Å²) in [6, 6.07) is 14.0. The van der Waals surface area contributed by atoms with Crippen LogP contribution in [-0.4, -0.2) is 24.9 Å². The van der Waals surface area contributed by atoms with Crippen LogP contribution in [0.5, 0.6) is 0 Å². The van der Waals surface area contributed by atoms with Gasteiger partial charge in [-0.25, -0.2) is 0 Å². The minimum atomic E-state index is -0.480. The van der Waals surface area contributed by atoms with E-state index in [9.17, 15) is 14.4 Å². The van der Waals surface area contributed by atoms with Crippen molar-refractivity contribution >= 4 is 23.5 Å². The van der Waals surface area contributed by atoms with E-state index in [4.69, 9.17) is 4.74 Å². The Morgan fingerprint density at radius 3 is 2.65 bits per heavy atom. The Bertz CT molecular complexity index is 833. The zero-order chi connectivity index (χ0) is 18.5.